The van der Waals surface area contributed by atoms with Crippen LogP contribution in [0.4, 0.5) is 0 Å². The zero-order valence-electron chi connectivity index (χ0n) is 15.2. The van der Waals surface area contributed by atoms with E-state index in [0.29, 0.717) is 6.42 Å². The first-order chi connectivity index (χ1) is 11.4. The lowest BCUT2D eigenvalue weighted by atomic mass is 10.1. The van der Waals surface area contributed by atoms with Gasteiger partial charge in [-0.15, -0.1) is 0 Å². The normalized spacial score (nSPS) is 12.0. The molecule has 1 aromatic carbocycles. The molecule has 0 aliphatic carbocycles. The molecule has 1 atom stereocenters. The van der Waals surface area contributed by atoms with Gasteiger partial charge in [-0.2, -0.15) is 5.10 Å². The number of carbonyl (C=O) groups is 1. The number of rotatable bonds is 7. The van der Waals surface area contributed by atoms with E-state index in [9.17, 15) is 4.79 Å². The monoisotopic (exact) mass is 329 g/mol. The molecule has 2 rings (SSSR count). The molecule has 5 heteroatoms. The molecule has 130 valence electrons. The van der Waals surface area contributed by atoms with Crippen molar-refractivity contribution in [3.05, 3.63) is 46.8 Å². The number of benzene rings is 1. The van der Waals surface area contributed by atoms with E-state index >= 15 is 0 Å². The minimum absolute atomic E-state index is 0.0211. The molecule has 0 unspecified atom stereocenters. The van der Waals surface area contributed by atoms with Crippen molar-refractivity contribution in [2.75, 3.05) is 7.11 Å². The largest absolute Gasteiger partial charge is 0.497 e. The van der Waals surface area contributed by atoms with Crippen molar-refractivity contribution >= 4 is 5.91 Å². The second-order valence-electron chi connectivity index (χ2n) is 6.20. The van der Waals surface area contributed by atoms with E-state index in [1.165, 1.54) is 5.56 Å². The number of hydrogen-bond donors (Lipinski definition) is 1. The van der Waals surface area contributed by atoms with Gasteiger partial charge in [0, 0.05) is 24.7 Å². The van der Waals surface area contributed by atoms with Gasteiger partial charge in [0.2, 0.25) is 5.91 Å². The Labute approximate surface area is 144 Å². The number of nitrogens with one attached hydrogen (secondary N) is 1. The number of aryl methyl sites for hydroxylation is 3. The number of ether oxygens (including phenoxy) is 1. The molecule has 1 heterocycles. The molecule has 0 aliphatic heterocycles. The number of carbonyl (C=O) groups excluding carboxylic acids is 1. The van der Waals surface area contributed by atoms with Crippen molar-refractivity contribution in [1.29, 1.82) is 0 Å². The molecule has 0 bridgehead atoms. The first-order valence-corrected chi connectivity index (χ1v) is 8.34. The lowest BCUT2D eigenvalue weighted by molar-refractivity contribution is -0.121. The zero-order chi connectivity index (χ0) is 17.7. The van der Waals surface area contributed by atoms with Crippen LogP contribution in [0.3, 0.4) is 0 Å². The third-order valence-electron chi connectivity index (χ3n) is 4.40. The van der Waals surface area contributed by atoms with Crippen molar-refractivity contribution in [2.24, 2.45) is 7.05 Å². The average molecular weight is 329 g/mol. The van der Waals surface area contributed by atoms with Gasteiger partial charge in [-0.25, -0.2) is 0 Å². The quantitative estimate of drug-likeness (QED) is 0.848. The Bertz CT molecular complexity index is 689. The highest BCUT2D eigenvalue weighted by atomic mass is 16.5. The topological polar surface area (TPSA) is 56.1 Å². The molecular weight excluding hydrogens is 302 g/mol. The fraction of sp³-hybridized carbons (Fsp3) is 0.474. The Morgan fingerprint density at radius 3 is 2.50 bits per heavy atom. The molecule has 0 saturated carbocycles. The second kappa shape index (κ2) is 7.99. The maximum atomic E-state index is 12.2. The molecule has 0 saturated heterocycles. The van der Waals surface area contributed by atoms with Gasteiger partial charge >= 0.3 is 0 Å². The van der Waals surface area contributed by atoms with Crippen LogP contribution in [0.1, 0.15) is 48.3 Å². The van der Waals surface area contributed by atoms with Crippen LogP contribution in [-0.2, 0) is 18.3 Å². The number of aromatic nitrogens is 2. The van der Waals surface area contributed by atoms with Crippen LogP contribution in [-0.4, -0.2) is 22.8 Å². The van der Waals surface area contributed by atoms with Crippen LogP contribution in [0, 0.1) is 13.8 Å². The number of methoxy groups -OCH3 is 1. The molecule has 0 spiro atoms. The Morgan fingerprint density at radius 2 is 1.96 bits per heavy atom. The highest BCUT2D eigenvalue weighted by Gasteiger charge is 2.17. The SMILES string of the molecule is COc1ccc(CCCC(=O)N[C@H](C)c2c(C)nn(C)c2C)cc1. The summed E-state index contributed by atoms with van der Waals surface area (Å²) in [6.07, 6.45) is 2.24. The highest BCUT2D eigenvalue weighted by Crippen LogP contribution is 2.21. The summed E-state index contributed by atoms with van der Waals surface area (Å²) in [4.78, 5) is 12.2. The summed E-state index contributed by atoms with van der Waals surface area (Å²) in [5.41, 5.74) is 4.40. The lowest BCUT2D eigenvalue weighted by Crippen LogP contribution is -2.27. The van der Waals surface area contributed by atoms with Crippen molar-refractivity contribution < 1.29 is 9.53 Å². The second-order valence-corrected chi connectivity index (χ2v) is 6.20. The Kier molecular flexibility index (Phi) is 6.01. The van der Waals surface area contributed by atoms with Gasteiger partial charge < -0.3 is 10.1 Å². The van der Waals surface area contributed by atoms with Crippen LogP contribution >= 0.6 is 0 Å². The molecule has 24 heavy (non-hydrogen) atoms. The minimum Gasteiger partial charge on any atom is -0.497 e. The van der Waals surface area contributed by atoms with Crippen LogP contribution in [0.5, 0.6) is 5.75 Å². The van der Waals surface area contributed by atoms with Gasteiger partial charge in [-0.1, -0.05) is 12.1 Å². The molecule has 5 nitrogen and oxygen atoms in total. The summed E-state index contributed by atoms with van der Waals surface area (Å²) in [5.74, 6) is 0.936. The van der Waals surface area contributed by atoms with E-state index < -0.39 is 0 Å². The van der Waals surface area contributed by atoms with Crippen molar-refractivity contribution in [1.82, 2.24) is 15.1 Å². The molecule has 0 fully saturated rings. The number of nitrogens with zero attached hydrogens (tertiary/aromatic N) is 2. The molecule has 0 radical (unpaired) electrons. The molecule has 1 N–H and O–H groups in total. The van der Waals surface area contributed by atoms with Gasteiger partial charge in [0.1, 0.15) is 5.75 Å². The van der Waals surface area contributed by atoms with Crippen LogP contribution in [0.2, 0.25) is 0 Å². The summed E-state index contributed by atoms with van der Waals surface area (Å²) < 4.78 is 7.01. The summed E-state index contributed by atoms with van der Waals surface area (Å²) in [5, 5.41) is 7.49. The standard InChI is InChI=1S/C19H27N3O2/c1-13(19-14(2)21-22(4)15(19)3)20-18(23)8-6-7-16-9-11-17(24-5)12-10-16/h9-13H,6-8H2,1-5H3,(H,20,23)/t13-/m1/s1. The van der Waals surface area contributed by atoms with E-state index in [0.717, 1.165) is 35.5 Å². The summed E-state index contributed by atoms with van der Waals surface area (Å²) >= 11 is 0. The number of amides is 1. The summed E-state index contributed by atoms with van der Waals surface area (Å²) in [6.45, 7) is 6.02. The molecule has 0 aliphatic rings. The first-order valence-electron chi connectivity index (χ1n) is 8.34. The van der Waals surface area contributed by atoms with E-state index in [-0.39, 0.29) is 11.9 Å². The minimum atomic E-state index is -0.0211. The predicted molar refractivity (Wildman–Crippen MR) is 95.2 cm³/mol. The van der Waals surface area contributed by atoms with Gasteiger partial charge in [0.15, 0.2) is 0 Å². The molecule has 1 aromatic heterocycles. The number of hydrogen-bond acceptors (Lipinski definition) is 3. The Morgan fingerprint density at radius 1 is 1.29 bits per heavy atom. The maximum absolute atomic E-state index is 12.2. The fourth-order valence-electron chi connectivity index (χ4n) is 3.05. The van der Waals surface area contributed by atoms with Crippen LogP contribution < -0.4 is 10.1 Å². The maximum Gasteiger partial charge on any atom is 0.220 e. The fourth-order valence-corrected chi connectivity index (χ4v) is 3.05. The third-order valence-corrected chi connectivity index (χ3v) is 4.40. The van der Waals surface area contributed by atoms with Gasteiger partial charge in [0.25, 0.3) is 0 Å². The summed E-state index contributed by atoms with van der Waals surface area (Å²) in [7, 11) is 3.58. The van der Waals surface area contributed by atoms with Crippen molar-refractivity contribution in [3.8, 4) is 5.75 Å². The van der Waals surface area contributed by atoms with E-state index in [1.807, 2.05) is 56.8 Å². The highest BCUT2D eigenvalue weighted by molar-refractivity contribution is 5.76. The van der Waals surface area contributed by atoms with E-state index in [4.69, 9.17) is 4.74 Å². The zero-order valence-corrected chi connectivity index (χ0v) is 15.2. The lowest BCUT2D eigenvalue weighted by Gasteiger charge is -2.15. The molecule has 2 aromatic rings. The van der Waals surface area contributed by atoms with E-state index in [2.05, 4.69) is 10.4 Å². The third kappa shape index (κ3) is 4.37. The van der Waals surface area contributed by atoms with Gasteiger partial charge in [0.05, 0.1) is 18.8 Å². The predicted octanol–water partition coefficient (Wildman–Crippen LogP) is 3.25. The Balaban J connectivity index is 1.82. The summed E-state index contributed by atoms with van der Waals surface area (Å²) in [6, 6.07) is 7.97. The van der Waals surface area contributed by atoms with E-state index in [1.54, 1.807) is 7.11 Å². The smallest absolute Gasteiger partial charge is 0.220 e. The van der Waals surface area contributed by atoms with Crippen molar-refractivity contribution in [2.45, 2.75) is 46.1 Å². The van der Waals surface area contributed by atoms with Crippen LogP contribution in [0.25, 0.3) is 0 Å². The van der Waals surface area contributed by atoms with Crippen LogP contribution in [0.15, 0.2) is 24.3 Å². The van der Waals surface area contributed by atoms with Gasteiger partial charge in [-0.05, 0) is 51.3 Å². The first kappa shape index (κ1) is 18.0. The van der Waals surface area contributed by atoms with Gasteiger partial charge in [-0.3, -0.25) is 9.48 Å². The average Bonchev–Trinajstić information content (AvgIpc) is 2.80. The molecule has 1 amide bonds. The molecular formula is C19H27N3O2. The van der Waals surface area contributed by atoms with Crippen molar-refractivity contribution in [3.63, 3.8) is 0 Å². The Hall–Kier alpha value is -2.30.